The zero-order chi connectivity index (χ0) is 17.6. The predicted molar refractivity (Wildman–Crippen MR) is 78.1 cm³/mol. The summed E-state index contributed by atoms with van der Waals surface area (Å²) < 4.78 is 41.4. The fraction of sp³-hybridized carbons (Fsp3) is 0.385. The van der Waals surface area contributed by atoms with Crippen LogP contribution in [0.5, 0.6) is 0 Å². The van der Waals surface area contributed by atoms with Crippen LogP contribution in [0.3, 0.4) is 0 Å². The lowest BCUT2D eigenvalue weighted by Crippen LogP contribution is -2.35. The highest BCUT2D eigenvalue weighted by atomic mass is 35.5. The average Bonchev–Trinajstić information content (AvgIpc) is 3.04. The van der Waals surface area contributed by atoms with Crippen molar-refractivity contribution in [3.05, 3.63) is 29.9 Å². The number of pyridine rings is 1. The molecule has 0 radical (unpaired) electrons. The van der Waals surface area contributed by atoms with Gasteiger partial charge in [0.1, 0.15) is 0 Å². The van der Waals surface area contributed by atoms with E-state index in [0.29, 0.717) is 24.5 Å². The van der Waals surface area contributed by atoms with Gasteiger partial charge in [-0.3, -0.25) is 4.98 Å². The van der Waals surface area contributed by atoms with E-state index < -0.39 is 12.1 Å². The van der Waals surface area contributed by atoms with Gasteiger partial charge in [-0.1, -0.05) is 5.16 Å². The number of aromatic nitrogens is 3. The molecule has 130 valence electrons. The first-order valence-corrected chi connectivity index (χ1v) is 7.37. The molecule has 0 saturated carbocycles. The summed E-state index contributed by atoms with van der Waals surface area (Å²) in [6.45, 7) is 0.619. The molecule has 0 aliphatic rings. The number of nitrogens with zero attached hydrogens (tertiary/aromatic N) is 3. The second-order valence-corrected chi connectivity index (χ2v) is 4.99. The highest BCUT2D eigenvalue weighted by Crippen LogP contribution is 2.29. The molecule has 0 spiro atoms. The topological polar surface area (TPSA) is 92.9 Å². The summed E-state index contributed by atoms with van der Waals surface area (Å²) >= 11 is 5.49. The maximum atomic E-state index is 12.4. The van der Waals surface area contributed by atoms with Crippen molar-refractivity contribution in [2.75, 3.05) is 12.4 Å². The third-order valence-corrected chi connectivity index (χ3v) is 3.04. The van der Waals surface area contributed by atoms with Gasteiger partial charge in [-0.25, -0.2) is 4.79 Å². The van der Waals surface area contributed by atoms with Crippen LogP contribution in [-0.4, -0.2) is 33.6 Å². The van der Waals surface area contributed by atoms with Crippen molar-refractivity contribution < 1.29 is 22.5 Å². The molecule has 0 aromatic carbocycles. The van der Waals surface area contributed by atoms with Crippen molar-refractivity contribution in [2.24, 2.45) is 0 Å². The molecule has 2 N–H and O–H groups in total. The maximum Gasteiger partial charge on any atom is 0.471 e. The minimum absolute atomic E-state index is 0.160. The fourth-order valence-electron chi connectivity index (χ4n) is 1.62. The zero-order valence-corrected chi connectivity index (χ0v) is 13.0. The molecule has 0 atom stereocenters. The first-order valence-electron chi connectivity index (χ1n) is 6.84. The molecule has 2 amide bonds. The number of nitrogens with one attached hydrogen (secondary N) is 2. The SMILES string of the molecule is O=C(NCCCCl)NCc1ccc(-c2noc(C(F)(F)F)n2)cn1. The Balaban J connectivity index is 1.91. The number of halogens is 4. The highest BCUT2D eigenvalue weighted by Gasteiger charge is 2.38. The summed E-state index contributed by atoms with van der Waals surface area (Å²) in [4.78, 5) is 18.7. The van der Waals surface area contributed by atoms with E-state index in [9.17, 15) is 18.0 Å². The molecule has 0 unspecified atom stereocenters. The standard InChI is InChI=1S/C13H13ClF3N5O2/c14-4-1-5-18-12(23)20-7-9-3-2-8(6-19-9)10-21-11(24-22-10)13(15,16)17/h2-3,6H,1,4-5,7H2,(H2,18,20,23). The number of hydrogen-bond acceptors (Lipinski definition) is 5. The van der Waals surface area contributed by atoms with Crippen molar-refractivity contribution >= 4 is 17.6 Å². The molecule has 11 heteroatoms. The van der Waals surface area contributed by atoms with Gasteiger partial charge < -0.3 is 15.2 Å². The van der Waals surface area contributed by atoms with Crippen LogP contribution in [0.1, 0.15) is 18.0 Å². The molecule has 0 aliphatic carbocycles. The van der Waals surface area contributed by atoms with Gasteiger partial charge in [-0.15, -0.1) is 11.6 Å². The largest absolute Gasteiger partial charge is 0.471 e. The number of amides is 2. The summed E-state index contributed by atoms with van der Waals surface area (Å²) in [5.74, 6) is -1.18. The van der Waals surface area contributed by atoms with Crippen molar-refractivity contribution in [2.45, 2.75) is 19.1 Å². The lowest BCUT2D eigenvalue weighted by atomic mass is 10.2. The molecule has 7 nitrogen and oxygen atoms in total. The molecule has 24 heavy (non-hydrogen) atoms. The Kier molecular flexibility index (Phi) is 5.96. The third-order valence-electron chi connectivity index (χ3n) is 2.78. The minimum Gasteiger partial charge on any atom is -0.338 e. The molecule has 0 bridgehead atoms. The van der Waals surface area contributed by atoms with E-state index in [-0.39, 0.29) is 24.0 Å². The number of carbonyl (C=O) groups excluding carboxylic acids is 1. The van der Waals surface area contributed by atoms with Crippen LogP contribution in [0, 0.1) is 0 Å². The monoisotopic (exact) mass is 363 g/mol. The average molecular weight is 364 g/mol. The Bertz CT molecular complexity index is 675. The summed E-state index contributed by atoms with van der Waals surface area (Å²) in [5.41, 5.74) is 0.787. The molecule has 0 fully saturated rings. The Morgan fingerprint density at radius 1 is 1.29 bits per heavy atom. The van der Waals surface area contributed by atoms with Gasteiger partial charge in [-0.2, -0.15) is 18.2 Å². The van der Waals surface area contributed by atoms with Crippen LogP contribution in [0.25, 0.3) is 11.4 Å². The number of hydrogen-bond donors (Lipinski definition) is 2. The quantitative estimate of drug-likeness (QED) is 0.608. The van der Waals surface area contributed by atoms with Gasteiger partial charge in [-0.05, 0) is 18.6 Å². The van der Waals surface area contributed by atoms with E-state index in [2.05, 4.69) is 30.3 Å². The van der Waals surface area contributed by atoms with E-state index in [0.717, 1.165) is 0 Å². The zero-order valence-electron chi connectivity index (χ0n) is 12.2. The van der Waals surface area contributed by atoms with E-state index in [4.69, 9.17) is 11.6 Å². The van der Waals surface area contributed by atoms with Crippen LogP contribution in [0.15, 0.2) is 22.9 Å². The lowest BCUT2D eigenvalue weighted by molar-refractivity contribution is -0.159. The predicted octanol–water partition coefficient (Wildman–Crippen LogP) is 2.58. The first kappa shape index (κ1) is 18.0. The van der Waals surface area contributed by atoms with Crippen molar-refractivity contribution in [3.63, 3.8) is 0 Å². The molecule has 0 saturated heterocycles. The Morgan fingerprint density at radius 2 is 2.08 bits per heavy atom. The first-order chi connectivity index (χ1) is 11.4. The van der Waals surface area contributed by atoms with Crippen molar-refractivity contribution in [3.8, 4) is 11.4 Å². The summed E-state index contributed by atoms with van der Waals surface area (Å²) in [6, 6.07) is 2.66. The molecular weight excluding hydrogens is 351 g/mol. The van der Waals surface area contributed by atoms with Crippen LogP contribution >= 0.6 is 11.6 Å². The summed E-state index contributed by atoms with van der Waals surface area (Å²) in [7, 11) is 0. The van der Waals surface area contributed by atoms with E-state index in [1.165, 1.54) is 18.3 Å². The number of carbonyl (C=O) groups is 1. The van der Waals surface area contributed by atoms with Crippen LogP contribution in [-0.2, 0) is 12.7 Å². The van der Waals surface area contributed by atoms with Crippen LogP contribution < -0.4 is 10.6 Å². The summed E-state index contributed by atoms with van der Waals surface area (Å²) in [6.07, 6.45) is -2.74. The molecular formula is C13H13ClF3N5O2. The number of rotatable bonds is 6. The van der Waals surface area contributed by atoms with Gasteiger partial charge in [0.05, 0.1) is 12.2 Å². The normalized spacial score (nSPS) is 11.3. The second-order valence-electron chi connectivity index (χ2n) is 4.61. The highest BCUT2D eigenvalue weighted by molar-refractivity contribution is 6.17. The smallest absolute Gasteiger partial charge is 0.338 e. The third kappa shape index (κ3) is 5.08. The molecule has 2 aromatic rings. The van der Waals surface area contributed by atoms with Gasteiger partial charge >= 0.3 is 18.1 Å². The van der Waals surface area contributed by atoms with Crippen LogP contribution in [0.4, 0.5) is 18.0 Å². The molecule has 2 heterocycles. The molecule has 2 rings (SSSR count). The fourth-order valence-corrected chi connectivity index (χ4v) is 1.75. The van der Waals surface area contributed by atoms with Gasteiger partial charge in [0.15, 0.2) is 0 Å². The Labute approximate surface area is 139 Å². The van der Waals surface area contributed by atoms with Crippen LogP contribution in [0.2, 0.25) is 0 Å². The summed E-state index contributed by atoms with van der Waals surface area (Å²) in [5, 5.41) is 8.46. The van der Waals surface area contributed by atoms with E-state index >= 15 is 0 Å². The van der Waals surface area contributed by atoms with E-state index in [1.54, 1.807) is 0 Å². The molecule has 0 aliphatic heterocycles. The maximum absolute atomic E-state index is 12.4. The second kappa shape index (κ2) is 7.95. The van der Waals surface area contributed by atoms with Gasteiger partial charge in [0, 0.05) is 24.2 Å². The molecule has 2 aromatic heterocycles. The number of urea groups is 1. The van der Waals surface area contributed by atoms with Crippen molar-refractivity contribution in [1.29, 1.82) is 0 Å². The van der Waals surface area contributed by atoms with Gasteiger partial charge in [0.2, 0.25) is 5.82 Å². The Morgan fingerprint density at radius 3 is 2.67 bits per heavy atom. The lowest BCUT2D eigenvalue weighted by Gasteiger charge is -2.06. The van der Waals surface area contributed by atoms with Gasteiger partial charge in [0.25, 0.3) is 0 Å². The van der Waals surface area contributed by atoms with Crippen molar-refractivity contribution in [1.82, 2.24) is 25.8 Å². The van der Waals surface area contributed by atoms with E-state index in [1.807, 2.05) is 0 Å². The number of alkyl halides is 4. The Hall–Kier alpha value is -2.36. The minimum atomic E-state index is -4.70.